The molecule has 11 nitrogen and oxygen atoms in total. The van der Waals surface area contributed by atoms with E-state index in [-0.39, 0.29) is 30.4 Å². The van der Waals surface area contributed by atoms with E-state index in [4.69, 9.17) is 21.1 Å². The molecule has 2 amide bonds. The molecular weight excluding hydrogens is 591 g/mol. The molecule has 43 heavy (non-hydrogen) atoms. The first kappa shape index (κ1) is 31.5. The second kappa shape index (κ2) is 12.8. The number of hydrogen-bond donors (Lipinski definition) is 3. The summed E-state index contributed by atoms with van der Waals surface area (Å²) in [5.41, 5.74) is 3.05. The lowest BCUT2D eigenvalue weighted by Gasteiger charge is -2.26. The summed E-state index contributed by atoms with van der Waals surface area (Å²) in [5.74, 6) is -1.43. The first-order valence-corrected chi connectivity index (χ1v) is 13.6. The van der Waals surface area contributed by atoms with Crippen LogP contribution in [0, 0.1) is 0 Å². The van der Waals surface area contributed by atoms with E-state index in [1.54, 1.807) is 26.2 Å². The van der Waals surface area contributed by atoms with Gasteiger partial charge in [-0.2, -0.15) is 18.2 Å². The molecule has 230 valence electrons. The van der Waals surface area contributed by atoms with Crippen molar-refractivity contribution in [3.05, 3.63) is 47.1 Å². The van der Waals surface area contributed by atoms with Crippen molar-refractivity contribution in [1.82, 2.24) is 15.3 Å². The van der Waals surface area contributed by atoms with Gasteiger partial charge in [-0.25, -0.2) is 4.98 Å². The molecule has 1 unspecified atom stereocenters. The van der Waals surface area contributed by atoms with Crippen LogP contribution < -0.4 is 35.2 Å². The van der Waals surface area contributed by atoms with Crippen LogP contribution in [0.15, 0.2) is 36.5 Å². The van der Waals surface area contributed by atoms with Gasteiger partial charge in [-0.15, -0.1) is 0 Å². The lowest BCUT2D eigenvalue weighted by atomic mass is 10.0. The Bertz CT molecular complexity index is 1520. The van der Waals surface area contributed by atoms with Crippen molar-refractivity contribution in [2.45, 2.75) is 32.0 Å². The highest BCUT2D eigenvalue weighted by Crippen LogP contribution is 2.41. The van der Waals surface area contributed by atoms with Gasteiger partial charge in [0.2, 0.25) is 11.9 Å². The van der Waals surface area contributed by atoms with Crippen molar-refractivity contribution >= 4 is 57.9 Å². The predicted molar refractivity (Wildman–Crippen MR) is 158 cm³/mol. The predicted octanol–water partition coefficient (Wildman–Crippen LogP) is 5.05. The quantitative estimate of drug-likeness (QED) is 0.302. The Labute approximate surface area is 251 Å². The van der Waals surface area contributed by atoms with Crippen molar-refractivity contribution < 1.29 is 32.2 Å². The molecule has 0 spiro atoms. The van der Waals surface area contributed by atoms with Crippen LogP contribution in [0.5, 0.6) is 11.5 Å². The monoisotopic (exact) mass is 621 g/mol. The normalized spacial score (nSPS) is 14.9. The number of nitrogens with zero attached hydrogens (tertiary/aromatic N) is 4. The summed E-state index contributed by atoms with van der Waals surface area (Å²) < 4.78 is 50.0. The molecule has 0 saturated heterocycles. The topological polar surface area (TPSA) is 121 Å². The molecule has 0 aliphatic carbocycles. The number of halogens is 4. The number of anilines is 6. The minimum atomic E-state index is -5.11. The van der Waals surface area contributed by atoms with E-state index < -0.39 is 24.0 Å². The van der Waals surface area contributed by atoms with Gasteiger partial charge in [0.15, 0.2) is 5.82 Å². The molecule has 0 fully saturated rings. The molecule has 1 aliphatic heterocycles. The minimum absolute atomic E-state index is 0.0656. The number of carbonyl (C=O) groups is 2. The van der Waals surface area contributed by atoms with Crippen LogP contribution in [-0.4, -0.2) is 68.9 Å². The number of carbonyl (C=O) groups excluding carboxylic acids is 2. The summed E-state index contributed by atoms with van der Waals surface area (Å²) in [6, 6.07) is 7.54. The number of amides is 2. The summed E-state index contributed by atoms with van der Waals surface area (Å²) in [4.78, 5) is 36.8. The molecule has 3 N–H and O–H groups in total. The van der Waals surface area contributed by atoms with Crippen molar-refractivity contribution in [3.8, 4) is 11.5 Å². The summed E-state index contributed by atoms with van der Waals surface area (Å²) >= 11 is 6.39. The Morgan fingerprint density at radius 1 is 1.14 bits per heavy atom. The second-order valence-corrected chi connectivity index (χ2v) is 10.1. The maximum absolute atomic E-state index is 13.1. The Morgan fingerprint density at radius 2 is 1.86 bits per heavy atom. The molecule has 0 saturated carbocycles. The maximum atomic E-state index is 13.1. The van der Waals surface area contributed by atoms with Gasteiger partial charge in [-0.1, -0.05) is 11.6 Å². The van der Waals surface area contributed by atoms with E-state index in [1.807, 2.05) is 42.5 Å². The summed E-state index contributed by atoms with van der Waals surface area (Å²) in [5, 5.41) is 8.34. The number of methoxy groups -OCH3 is 2. The van der Waals surface area contributed by atoms with E-state index in [1.165, 1.54) is 18.2 Å². The summed E-state index contributed by atoms with van der Waals surface area (Å²) in [7, 11) is 6.82. The molecule has 1 aliphatic rings. The Hall–Kier alpha value is -4.46. The fraction of sp³-hybridized carbons (Fsp3) is 0.357. The Kier molecular flexibility index (Phi) is 9.38. The van der Waals surface area contributed by atoms with Crippen LogP contribution in [0.2, 0.25) is 5.02 Å². The molecule has 2 heterocycles. The van der Waals surface area contributed by atoms with Crippen molar-refractivity contribution in [1.29, 1.82) is 0 Å². The fourth-order valence-electron chi connectivity index (χ4n) is 4.69. The van der Waals surface area contributed by atoms with E-state index in [2.05, 4.69) is 20.6 Å². The van der Waals surface area contributed by atoms with Gasteiger partial charge in [0.05, 0.1) is 37.5 Å². The SMILES string of the molecule is CCN1C(=O)C(NC(=O)C(F)(F)F)CCc2c1ccc(Nc1ncc(Cl)c(Nc3ccc(N(C)C)cc3OC)n1)c2OC. The third-order valence-corrected chi connectivity index (χ3v) is 7.08. The number of benzene rings is 2. The number of fused-ring (bicyclic) bond motifs is 1. The van der Waals surface area contributed by atoms with Crippen LogP contribution in [0.1, 0.15) is 18.9 Å². The Balaban J connectivity index is 1.63. The van der Waals surface area contributed by atoms with Crippen LogP contribution >= 0.6 is 11.6 Å². The average molecular weight is 622 g/mol. The molecular formula is C28H31ClF3N7O4. The first-order valence-electron chi connectivity index (χ1n) is 13.2. The molecule has 1 atom stereocenters. The standard InChI is InChI=1S/C28H31ClF3N7O4/c1-6-39-21-12-11-19(23(43-5)16(21)8-10-20(25(39)40)35-26(41)28(30,31)32)36-27-33-14-17(29)24(37-27)34-18-9-7-15(38(2)3)13-22(18)42-4/h7,9,11-14,20H,6,8,10H2,1-5H3,(H,35,41)(H2,33,34,36,37). The summed E-state index contributed by atoms with van der Waals surface area (Å²) in [6.45, 7) is 1.85. The van der Waals surface area contributed by atoms with Crippen LogP contribution in [0.3, 0.4) is 0 Å². The number of alkyl halides is 3. The number of rotatable bonds is 9. The maximum Gasteiger partial charge on any atom is 0.471 e. The van der Waals surface area contributed by atoms with Gasteiger partial charge in [0.1, 0.15) is 22.6 Å². The first-order chi connectivity index (χ1) is 20.4. The highest BCUT2D eigenvalue weighted by molar-refractivity contribution is 6.33. The van der Waals surface area contributed by atoms with Crippen LogP contribution in [-0.2, 0) is 16.0 Å². The van der Waals surface area contributed by atoms with Gasteiger partial charge in [-0.3, -0.25) is 9.59 Å². The van der Waals surface area contributed by atoms with Crippen LogP contribution in [0.4, 0.5) is 47.7 Å². The van der Waals surface area contributed by atoms with Gasteiger partial charge >= 0.3 is 12.1 Å². The molecule has 1 aromatic heterocycles. The lowest BCUT2D eigenvalue weighted by molar-refractivity contribution is -0.174. The van der Waals surface area contributed by atoms with Crippen LogP contribution in [0.25, 0.3) is 0 Å². The number of nitrogens with one attached hydrogen (secondary N) is 3. The minimum Gasteiger partial charge on any atom is -0.494 e. The van der Waals surface area contributed by atoms with Crippen molar-refractivity contribution in [2.24, 2.45) is 0 Å². The second-order valence-electron chi connectivity index (χ2n) is 9.71. The zero-order chi connectivity index (χ0) is 31.5. The largest absolute Gasteiger partial charge is 0.494 e. The van der Waals surface area contributed by atoms with Gasteiger partial charge in [-0.05, 0) is 44.0 Å². The van der Waals surface area contributed by atoms with Gasteiger partial charge in [0, 0.05) is 38.0 Å². The molecule has 2 aromatic carbocycles. The highest BCUT2D eigenvalue weighted by atomic mass is 35.5. The molecule has 0 radical (unpaired) electrons. The van der Waals surface area contributed by atoms with Crippen molar-refractivity contribution in [3.63, 3.8) is 0 Å². The van der Waals surface area contributed by atoms with E-state index >= 15 is 0 Å². The Morgan fingerprint density at radius 3 is 2.49 bits per heavy atom. The van der Waals surface area contributed by atoms with Crippen molar-refractivity contribution in [2.75, 3.05) is 55.3 Å². The summed E-state index contributed by atoms with van der Waals surface area (Å²) in [6.07, 6.45) is -3.61. The molecule has 0 bridgehead atoms. The van der Waals surface area contributed by atoms with Gasteiger partial charge < -0.3 is 35.2 Å². The van der Waals surface area contributed by atoms with E-state index in [0.29, 0.717) is 39.9 Å². The lowest BCUT2D eigenvalue weighted by Crippen LogP contribution is -2.51. The molecule has 4 rings (SSSR count). The number of hydrogen-bond acceptors (Lipinski definition) is 9. The van der Waals surface area contributed by atoms with E-state index in [0.717, 1.165) is 5.69 Å². The molecule has 15 heteroatoms. The third-order valence-electron chi connectivity index (χ3n) is 6.80. The number of ether oxygens (including phenoxy) is 2. The zero-order valence-corrected chi connectivity index (χ0v) is 24.9. The fourth-order valence-corrected chi connectivity index (χ4v) is 4.83. The third kappa shape index (κ3) is 6.79. The highest BCUT2D eigenvalue weighted by Gasteiger charge is 2.42. The smallest absolute Gasteiger partial charge is 0.471 e. The number of likely N-dealkylation sites (N-methyl/N-ethyl adjacent to an activating group) is 1. The van der Waals surface area contributed by atoms with E-state index in [9.17, 15) is 22.8 Å². The number of aromatic nitrogens is 2. The molecule has 3 aromatic rings. The van der Waals surface area contributed by atoms with Gasteiger partial charge in [0.25, 0.3) is 0 Å². The zero-order valence-electron chi connectivity index (χ0n) is 24.1. The average Bonchev–Trinajstić information content (AvgIpc) is 3.09.